The normalized spacial score (nSPS) is 12.5. The summed E-state index contributed by atoms with van der Waals surface area (Å²) in [6.07, 6.45) is 5.37. The molecular formula is C28H30N4O3. The maximum Gasteiger partial charge on any atom is 0.307 e. The number of fused-ring (bicyclic) bond motifs is 1. The van der Waals surface area contributed by atoms with Crippen LogP contribution in [0.4, 0.5) is 0 Å². The van der Waals surface area contributed by atoms with Gasteiger partial charge in [0.25, 0.3) is 0 Å². The number of carbonyl (C=O) groups is 2. The number of benzene rings is 1. The van der Waals surface area contributed by atoms with Crippen LogP contribution in [0.5, 0.6) is 0 Å². The number of allylic oxidation sites excluding steroid dienone is 2. The van der Waals surface area contributed by atoms with E-state index in [0.717, 1.165) is 27.9 Å². The molecule has 0 fully saturated rings. The molecule has 3 aromatic heterocycles. The molecule has 0 saturated heterocycles. The van der Waals surface area contributed by atoms with Crippen molar-refractivity contribution in [1.82, 2.24) is 14.5 Å². The molecule has 1 aromatic carbocycles. The summed E-state index contributed by atoms with van der Waals surface area (Å²) in [5.41, 5.74) is 12.5. The summed E-state index contributed by atoms with van der Waals surface area (Å²) < 4.78 is 2.08. The standard InChI is InChI=1S/C27H26N4O3.CH4/c1-16(28)26(18(3)32)21-13-24-27(30-14-21)22(20-8-6-7-19(11-20)12-25(33)34)15-31(24)17(2)23-9-4-5-10-29-23;/h4-11,13-15,17H,12,28H2,1-3H3,(H,33,34);1H4/t17-;/m0./s1. The van der Waals surface area contributed by atoms with Gasteiger partial charge in [-0.2, -0.15) is 0 Å². The summed E-state index contributed by atoms with van der Waals surface area (Å²) in [7, 11) is 0. The first kappa shape index (κ1) is 25.4. The predicted molar refractivity (Wildman–Crippen MR) is 139 cm³/mol. The van der Waals surface area contributed by atoms with Gasteiger partial charge in [-0.1, -0.05) is 37.8 Å². The smallest absolute Gasteiger partial charge is 0.307 e. The van der Waals surface area contributed by atoms with Crippen molar-refractivity contribution in [3.8, 4) is 11.1 Å². The Morgan fingerprint density at radius 3 is 2.49 bits per heavy atom. The SMILES string of the molecule is C.CC(=O)C(=C(C)N)c1cnc2c(-c3cccc(CC(=O)O)c3)cn([C@@H](C)c3ccccn3)c2c1. The molecule has 7 nitrogen and oxygen atoms in total. The maximum absolute atomic E-state index is 12.3. The van der Waals surface area contributed by atoms with Gasteiger partial charge < -0.3 is 15.4 Å². The fourth-order valence-corrected chi connectivity index (χ4v) is 4.29. The van der Waals surface area contributed by atoms with Crippen LogP contribution in [0.25, 0.3) is 27.7 Å². The number of nitrogens with two attached hydrogens (primary N) is 1. The second-order valence-electron chi connectivity index (χ2n) is 8.36. The molecule has 0 unspecified atom stereocenters. The monoisotopic (exact) mass is 470 g/mol. The minimum atomic E-state index is -0.883. The van der Waals surface area contributed by atoms with Crippen LogP contribution >= 0.6 is 0 Å². The Balaban J connectivity index is 0.00000342. The van der Waals surface area contributed by atoms with Crippen molar-refractivity contribution in [3.05, 3.63) is 89.6 Å². The zero-order valence-corrected chi connectivity index (χ0v) is 19.3. The summed E-state index contributed by atoms with van der Waals surface area (Å²) >= 11 is 0. The molecule has 0 aliphatic rings. The fourth-order valence-electron chi connectivity index (χ4n) is 4.29. The van der Waals surface area contributed by atoms with Crippen LogP contribution in [-0.4, -0.2) is 31.4 Å². The molecule has 0 aliphatic heterocycles. The Bertz CT molecular complexity index is 1420. The van der Waals surface area contributed by atoms with Gasteiger partial charge in [0.1, 0.15) is 0 Å². The molecule has 0 bridgehead atoms. The summed E-state index contributed by atoms with van der Waals surface area (Å²) in [6.45, 7) is 5.25. The third-order valence-corrected chi connectivity index (χ3v) is 5.83. The highest BCUT2D eigenvalue weighted by Gasteiger charge is 2.20. The van der Waals surface area contributed by atoms with Gasteiger partial charge in [-0.15, -0.1) is 0 Å². The number of carbonyl (C=O) groups excluding carboxylic acids is 1. The number of carboxylic acids is 1. The average Bonchev–Trinajstić information content (AvgIpc) is 3.17. The van der Waals surface area contributed by atoms with Crippen LogP contribution in [0.15, 0.2) is 72.8 Å². The highest BCUT2D eigenvalue weighted by Crippen LogP contribution is 2.35. The van der Waals surface area contributed by atoms with Crippen LogP contribution in [0.3, 0.4) is 0 Å². The third kappa shape index (κ3) is 5.14. The van der Waals surface area contributed by atoms with Gasteiger partial charge in [-0.05, 0) is 50.1 Å². The first-order valence-electron chi connectivity index (χ1n) is 11.0. The van der Waals surface area contributed by atoms with Crippen molar-refractivity contribution in [2.75, 3.05) is 0 Å². The third-order valence-electron chi connectivity index (χ3n) is 5.83. The number of Topliss-reactive ketones (excluding diaryl/α,β-unsaturated/α-hetero) is 1. The van der Waals surface area contributed by atoms with Gasteiger partial charge in [0.15, 0.2) is 5.78 Å². The number of aromatic nitrogens is 3. The molecule has 4 aromatic rings. The van der Waals surface area contributed by atoms with Gasteiger partial charge in [0, 0.05) is 41.0 Å². The first-order chi connectivity index (χ1) is 16.3. The van der Waals surface area contributed by atoms with Crippen LogP contribution in [0.1, 0.15) is 51.1 Å². The zero-order valence-electron chi connectivity index (χ0n) is 19.3. The molecule has 4 rings (SSSR count). The Labute approximate surface area is 205 Å². The predicted octanol–water partition coefficient (Wildman–Crippen LogP) is 5.25. The number of hydrogen-bond donors (Lipinski definition) is 2. The summed E-state index contributed by atoms with van der Waals surface area (Å²) in [4.78, 5) is 32.8. The fraction of sp³-hybridized carbons (Fsp3) is 0.214. The molecule has 0 saturated carbocycles. The van der Waals surface area contributed by atoms with Gasteiger partial charge in [0.05, 0.1) is 29.2 Å². The molecule has 180 valence electrons. The summed E-state index contributed by atoms with van der Waals surface area (Å²) in [6, 6.07) is 15.1. The Kier molecular flexibility index (Phi) is 7.49. The topological polar surface area (TPSA) is 111 Å². The van der Waals surface area contributed by atoms with Crippen molar-refractivity contribution in [2.24, 2.45) is 5.73 Å². The van der Waals surface area contributed by atoms with Gasteiger partial charge in [0.2, 0.25) is 0 Å². The average molecular weight is 471 g/mol. The highest BCUT2D eigenvalue weighted by molar-refractivity contribution is 6.20. The van der Waals surface area contributed by atoms with Gasteiger partial charge in [-0.25, -0.2) is 0 Å². The van der Waals surface area contributed by atoms with Crippen LogP contribution in [-0.2, 0) is 16.0 Å². The van der Waals surface area contributed by atoms with E-state index in [1.807, 2.05) is 48.7 Å². The lowest BCUT2D eigenvalue weighted by atomic mass is 10.0. The number of aliphatic carboxylic acids is 1. The van der Waals surface area contributed by atoms with E-state index in [4.69, 9.17) is 10.7 Å². The molecule has 3 N–H and O–H groups in total. The number of rotatable bonds is 7. The minimum Gasteiger partial charge on any atom is -0.481 e. The molecular weight excluding hydrogens is 440 g/mol. The quantitative estimate of drug-likeness (QED) is 0.357. The molecule has 3 heterocycles. The summed E-state index contributed by atoms with van der Waals surface area (Å²) in [5.74, 6) is -1.01. The molecule has 0 amide bonds. The van der Waals surface area contributed by atoms with Crippen molar-refractivity contribution < 1.29 is 14.7 Å². The van der Waals surface area contributed by atoms with E-state index < -0.39 is 5.97 Å². The molecule has 0 spiro atoms. The van der Waals surface area contributed by atoms with Crippen molar-refractivity contribution >= 4 is 28.4 Å². The van der Waals surface area contributed by atoms with E-state index in [9.17, 15) is 14.7 Å². The second-order valence-corrected chi connectivity index (χ2v) is 8.36. The molecule has 1 atom stereocenters. The highest BCUT2D eigenvalue weighted by atomic mass is 16.4. The van der Waals surface area contributed by atoms with Crippen molar-refractivity contribution in [3.63, 3.8) is 0 Å². The van der Waals surface area contributed by atoms with E-state index >= 15 is 0 Å². The lowest BCUT2D eigenvalue weighted by Crippen LogP contribution is -2.08. The van der Waals surface area contributed by atoms with E-state index in [2.05, 4.69) is 16.5 Å². The Morgan fingerprint density at radius 2 is 1.86 bits per heavy atom. The van der Waals surface area contributed by atoms with Crippen LogP contribution < -0.4 is 5.73 Å². The van der Waals surface area contributed by atoms with Crippen LogP contribution in [0.2, 0.25) is 0 Å². The number of carboxylic acid groups (broad SMARTS) is 1. The lowest BCUT2D eigenvalue weighted by molar-refractivity contribution is -0.136. The van der Waals surface area contributed by atoms with Gasteiger partial charge in [-0.3, -0.25) is 19.6 Å². The maximum atomic E-state index is 12.3. The summed E-state index contributed by atoms with van der Waals surface area (Å²) in [5, 5.41) is 9.21. The second kappa shape index (κ2) is 10.3. The largest absolute Gasteiger partial charge is 0.481 e. The van der Waals surface area contributed by atoms with E-state index in [0.29, 0.717) is 22.4 Å². The van der Waals surface area contributed by atoms with Crippen molar-refractivity contribution in [1.29, 1.82) is 0 Å². The lowest BCUT2D eigenvalue weighted by Gasteiger charge is -2.15. The Morgan fingerprint density at radius 1 is 1.09 bits per heavy atom. The van der Waals surface area contributed by atoms with Crippen LogP contribution in [0, 0.1) is 0 Å². The Hall–Kier alpha value is -4.26. The van der Waals surface area contributed by atoms with E-state index in [-0.39, 0.29) is 25.7 Å². The van der Waals surface area contributed by atoms with E-state index in [1.165, 1.54) is 6.92 Å². The zero-order chi connectivity index (χ0) is 24.4. The molecule has 0 aliphatic carbocycles. The first-order valence-corrected chi connectivity index (χ1v) is 11.0. The molecule has 0 radical (unpaired) electrons. The van der Waals surface area contributed by atoms with Gasteiger partial charge >= 0.3 is 5.97 Å². The number of nitrogens with zero attached hydrogens (tertiary/aromatic N) is 3. The molecule has 7 heteroatoms. The number of hydrogen-bond acceptors (Lipinski definition) is 5. The number of ketones is 1. The molecule has 35 heavy (non-hydrogen) atoms. The number of pyridine rings is 2. The van der Waals surface area contributed by atoms with E-state index in [1.54, 1.807) is 25.4 Å². The minimum absolute atomic E-state index is 0. The van der Waals surface area contributed by atoms with Crippen molar-refractivity contribution in [2.45, 2.75) is 40.7 Å².